The molecule has 1 N–H and O–H groups in total. The number of aryl methyl sites for hydroxylation is 1. The highest BCUT2D eigenvalue weighted by Gasteiger charge is 2.06. The van der Waals surface area contributed by atoms with Crippen LogP contribution in [-0.4, -0.2) is 19.7 Å². The Kier molecular flexibility index (Phi) is 3.43. The van der Waals surface area contributed by atoms with Gasteiger partial charge in [-0.15, -0.1) is 0 Å². The Bertz CT molecular complexity index is 667. The quantitative estimate of drug-likeness (QED) is 0.654. The summed E-state index contributed by atoms with van der Waals surface area (Å²) in [4.78, 5) is 30.0. The topological polar surface area (TPSA) is 80.6 Å². The molecule has 2 heterocycles. The van der Waals surface area contributed by atoms with E-state index in [0.717, 1.165) is 0 Å². The van der Waals surface area contributed by atoms with Gasteiger partial charge < -0.3 is 0 Å². The second-order valence-electron chi connectivity index (χ2n) is 3.10. The molecule has 17 heavy (non-hydrogen) atoms. The van der Waals surface area contributed by atoms with E-state index in [9.17, 15) is 9.59 Å². The average Bonchev–Trinajstić information content (AvgIpc) is 2.26. The molecule has 0 unspecified atom stereocenters. The number of rotatable bonds is 2. The van der Waals surface area contributed by atoms with Gasteiger partial charge in [-0.1, -0.05) is 6.07 Å². The highest BCUT2D eigenvalue weighted by atomic mass is 79.9. The van der Waals surface area contributed by atoms with Gasteiger partial charge in [-0.05, 0) is 39.8 Å². The Morgan fingerprint density at radius 2 is 2.12 bits per heavy atom. The van der Waals surface area contributed by atoms with Crippen molar-refractivity contribution >= 4 is 27.7 Å². The summed E-state index contributed by atoms with van der Waals surface area (Å²) in [5, 5.41) is 3.42. The fourth-order valence-electron chi connectivity index (χ4n) is 1.09. The van der Waals surface area contributed by atoms with Crippen LogP contribution in [0.15, 0.2) is 42.6 Å². The zero-order valence-corrected chi connectivity index (χ0v) is 11.1. The van der Waals surface area contributed by atoms with Gasteiger partial charge in [0.25, 0.3) is 0 Å². The number of pyridine rings is 1. The zero-order valence-electron chi connectivity index (χ0n) is 8.68. The van der Waals surface area contributed by atoms with Crippen LogP contribution in [-0.2, 0) is 7.05 Å². The molecule has 0 radical (unpaired) electrons. The van der Waals surface area contributed by atoms with E-state index in [1.54, 1.807) is 19.2 Å². The molecule has 8 heteroatoms. The minimum absolute atomic E-state index is 0.375. The van der Waals surface area contributed by atoms with E-state index in [-0.39, 0.29) is 0 Å². The molecular formula is C9H7BrN4O2S. The lowest BCUT2D eigenvalue weighted by Crippen LogP contribution is -2.33. The Labute approximate surface area is 108 Å². The molecule has 0 spiro atoms. The molecule has 0 aliphatic rings. The number of H-pyrrole nitrogens is 1. The number of aromatic amines is 1. The standard InChI is InChI=1S/C9H7BrN4O2S/c1-14-9(12-7(15)8(16)13-14)17-6-4-2-3-5(10)11-6/h2-4H,1H3,(H,13,16). The van der Waals surface area contributed by atoms with Crippen LogP contribution in [0.5, 0.6) is 0 Å². The largest absolute Gasteiger partial charge is 0.339 e. The van der Waals surface area contributed by atoms with Crippen LogP contribution in [0.2, 0.25) is 0 Å². The maximum atomic E-state index is 11.1. The first kappa shape index (κ1) is 12.1. The van der Waals surface area contributed by atoms with Crippen LogP contribution in [0.25, 0.3) is 0 Å². The SMILES string of the molecule is Cn1[nH]c(=O)c(=O)nc1Sc1cccc(Br)n1. The van der Waals surface area contributed by atoms with Gasteiger partial charge in [0.1, 0.15) is 9.63 Å². The van der Waals surface area contributed by atoms with Gasteiger partial charge in [-0.3, -0.25) is 19.4 Å². The second-order valence-corrected chi connectivity index (χ2v) is 4.90. The number of hydrogen-bond donors (Lipinski definition) is 1. The van der Waals surface area contributed by atoms with E-state index >= 15 is 0 Å². The second kappa shape index (κ2) is 4.84. The minimum Gasteiger partial charge on any atom is -0.265 e. The van der Waals surface area contributed by atoms with Gasteiger partial charge in [0.2, 0.25) is 0 Å². The maximum absolute atomic E-state index is 11.1. The monoisotopic (exact) mass is 314 g/mol. The normalized spacial score (nSPS) is 10.5. The Morgan fingerprint density at radius 1 is 1.35 bits per heavy atom. The average molecular weight is 315 g/mol. The summed E-state index contributed by atoms with van der Waals surface area (Å²) in [6.45, 7) is 0. The molecule has 0 aliphatic heterocycles. The van der Waals surface area contributed by atoms with E-state index in [0.29, 0.717) is 14.8 Å². The van der Waals surface area contributed by atoms with Gasteiger partial charge in [0.05, 0.1) is 0 Å². The van der Waals surface area contributed by atoms with Gasteiger partial charge in [0, 0.05) is 7.05 Å². The molecule has 0 aromatic carbocycles. The summed E-state index contributed by atoms with van der Waals surface area (Å²) in [6, 6.07) is 5.40. The minimum atomic E-state index is -0.805. The first-order valence-electron chi connectivity index (χ1n) is 4.54. The van der Waals surface area contributed by atoms with E-state index < -0.39 is 11.1 Å². The molecule has 0 atom stereocenters. The Morgan fingerprint density at radius 3 is 2.82 bits per heavy atom. The van der Waals surface area contributed by atoms with E-state index in [2.05, 4.69) is 31.0 Å². The number of aromatic nitrogens is 4. The number of nitrogens with zero attached hydrogens (tertiary/aromatic N) is 3. The first-order chi connectivity index (χ1) is 8.06. The van der Waals surface area contributed by atoms with Gasteiger partial charge in [0.15, 0.2) is 5.16 Å². The van der Waals surface area contributed by atoms with Gasteiger partial charge >= 0.3 is 11.1 Å². The van der Waals surface area contributed by atoms with Crippen LogP contribution in [0.4, 0.5) is 0 Å². The molecule has 2 rings (SSSR count). The lowest BCUT2D eigenvalue weighted by Gasteiger charge is -2.04. The molecule has 6 nitrogen and oxygen atoms in total. The molecule has 88 valence electrons. The summed E-state index contributed by atoms with van der Waals surface area (Å²) in [5.74, 6) is 0. The summed E-state index contributed by atoms with van der Waals surface area (Å²) in [5.41, 5.74) is -1.54. The van der Waals surface area contributed by atoms with E-state index in [4.69, 9.17) is 0 Å². The summed E-state index contributed by atoms with van der Waals surface area (Å²) in [6.07, 6.45) is 0. The predicted octanol–water partition coefficient (Wildman–Crippen LogP) is 0.777. The summed E-state index contributed by atoms with van der Waals surface area (Å²) in [7, 11) is 1.61. The van der Waals surface area contributed by atoms with Crippen molar-refractivity contribution in [2.45, 2.75) is 10.2 Å². The molecule has 0 fully saturated rings. The van der Waals surface area contributed by atoms with Crippen molar-refractivity contribution in [3.8, 4) is 0 Å². The number of nitrogens with one attached hydrogen (secondary N) is 1. The highest BCUT2D eigenvalue weighted by molar-refractivity contribution is 9.10. The van der Waals surface area contributed by atoms with Crippen molar-refractivity contribution in [2.75, 3.05) is 0 Å². The number of hydrogen-bond acceptors (Lipinski definition) is 5. The van der Waals surface area contributed by atoms with Gasteiger partial charge in [-0.2, -0.15) is 4.98 Å². The van der Waals surface area contributed by atoms with Crippen LogP contribution in [0.3, 0.4) is 0 Å². The zero-order chi connectivity index (χ0) is 12.4. The molecule has 0 saturated carbocycles. The molecule has 0 aliphatic carbocycles. The molecule has 2 aromatic rings. The van der Waals surface area contributed by atoms with Crippen molar-refractivity contribution in [1.29, 1.82) is 0 Å². The van der Waals surface area contributed by atoms with Gasteiger partial charge in [-0.25, -0.2) is 4.98 Å². The van der Waals surface area contributed by atoms with Crippen LogP contribution in [0, 0.1) is 0 Å². The third-order valence-electron chi connectivity index (χ3n) is 1.83. The van der Waals surface area contributed by atoms with Crippen molar-refractivity contribution in [1.82, 2.24) is 19.7 Å². The Balaban J connectivity index is 2.40. The van der Waals surface area contributed by atoms with E-state index in [1.165, 1.54) is 16.4 Å². The van der Waals surface area contributed by atoms with E-state index in [1.807, 2.05) is 6.07 Å². The van der Waals surface area contributed by atoms with Crippen molar-refractivity contribution in [2.24, 2.45) is 7.05 Å². The Hall–Kier alpha value is -1.41. The van der Waals surface area contributed by atoms with Crippen LogP contribution in [0.1, 0.15) is 0 Å². The fraction of sp³-hybridized carbons (Fsp3) is 0.111. The van der Waals surface area contributed by atoms with Crippen LogP contribution >= 0.6 is 27.7 Å². The third kappa shape index (κ3) is 2.83. The molecular weight excluding hydrogens is 308 g/mol. The molecule has 0 bridgehead atoms. The number of halogens is 1. The summed E-state index contributed by atoms with van der Waals surface area (Å²) < 4.78 is 2.08. The van der Waals surface area contributed by atoms with Crippen molar-refractivity contribution in [3.63, 3.8) is 0 Å². The first-order valence-corrected chi connectivity index (χ1v) is 6.15. The fourth-order valence-corrected chi connectivity index (χ4v) is 2.34. The lowest BCUT2D eigenvalue weighted by molar-refractivity contribution is 0.596. The third-order valence-corrected chi connectivity index (χ3v) is 3.26. The molecule has 0 saturated heterocycles. The van der Waals surface area contributed by atoms with Crippen molar-refractivity contribution in [3.05, 3.63) is 43.5 Å². The highest BCUT2D eigenvalue weighted by Crippen LogP contribution is 2.23. The molecule has 0 amide bonds. The maximum Gasteiger partial charge on any atom is 0.339 e. The van der Waals surface area contributed by atoms with Crippen LogP contribution < -0.4 is 11.1 Å². The smallest absolute Gasteiger partial charge is 0.265 e. The van der Waals surface area contributed by atoms with Crippen molar-refractivity contribution < 1.29 is 0 Å². The lowest BCUT2D eigenvalue weighted by atomic mass is 10.5. The summed E-state index contributed by atoms with van der Waals surface area (Å²) >= 11 is 4.44. The molecule has 2 aromatic heterocycles. The predicted molar refractivity (Wildman–Crippen MR) is 66.2 cm³/mol.